The predicted octanol–water partition coefficient (Wildman–Crippen LogP) is 5.34. The number of carboxylic acid groups (broad SMARTS) is 1. The molecule has 180 valence electrons. The van der Waals surface area contributed by atoms with Gasteiger partial charge >= 0.3 is 12.1 Å². The van der Waals surface area contributed by atoms with E-state index in [-0.39, 0.29) is 24.0 Å². The van der Waals surface area contributed by atoms with Crippen molar-refractivity contribution in [2.75, 3.05) is 11.9 Å². The molecule has 0 spiro atoms. The highest BCUT2D eigenvalue weighted by Crippen LogP contribution is 2.44. The van der Waals surface area contributed by atoms with E-state index in [0.29, 0.717) is 24.1 Å². The molecular weight excluding hydrogens is 444 g/mol. The van der Waals surface area contributed by atoms with Gasteiger partial charge in [0.1, 0.15) is 12.6 Å². The molecule has 7 heteroatoms. The lowest BCUT2D eigenvalue weighted by Gasteiger charge is -2.19. The number of rotatable bonds is 8. The maximum atomic E-state index is 12.9. The number of hydrogen-bond acceptors (Lipinski definition) is 4. The van der Waals surface area contributed by atoms with Crippen molar-refractivity contribution in [2.24, 2.45) is 0 Å². The van der Waals surface area contributed by atoms with E-state index < -0.39 is 18.1 Å². The minimum Gasteiger partial charge on any atom is -0.478 e. The minimum atomic E-state index is -1.03. The normalized spacial score (nSPS) is 12.9. The topological polar surface area (TPSA) is 105 Å². The largest absolute Gasteiger partial charge is 0.478 e. The number of carbonyl (C=O) groups excluding carboxylic acids is 2. The summed E-state index contributed by atoms with van der Waals surface area (Å²) in [6, 6.07) is 20.0. The van der Waals surface area contributed by atoms with Gasteiger partial charge in [0, 0.05) is 11.6 Å². The molecule has 0 fully saturated rings. The summed E-state index contributed by atoms with van der Waals surface area (Å²) in [6.07, 6.45) is 0.457. The summed E-state index contributed by atoms with van der Waals surface area (Å²) in [6.45, 7) is 3.75. The number of fused-ring (bicyclic) bond motifs is 3. The molecule has 3 aromatic carbocycles. The molecule has 3 aromatic rings. The van der Waals surface area contributed by atoms with Crippen LogP contribution >= 0.6 is 0 Å². The molecule has 7 nitrogen and oxygen atoms in total. The molecule has 0 heterocycles. The summed E-state index contributed by atoms with van der Waals surface area (Å²) >= 11 is 0. The summed E-state index contributed by atoms with van der Waals surface area (Å²) in [7, 11) is 0. The molecule has 0 aliphatic heterocycles. The maximum absolute atomic E-state index is 12.9. The number of amides is 2. The van der Waals surface area contributed by atoms with Crippen molar-refractivity contribution in [2.45, 2.75) is 38.6 Å². The number of anilines is 1. The zero-order valence-electron chi connectivity index (χ0n) is 19.7. The molecule has 35 heavy (non-hydrogen) atoms. The van der Waals surface area contributed by atoms with Crippen LogP contribution in [0.3, 0.4) is 0 Å². The average Bonchev–Trinajstić information content (AvgIpc) is 3.16. The van der Waals surface area contributed by atoms with Crippen molar-refractivity contribution in [3.05, 3.63) is 89.0 Å². The lowest BCUT2D eigenvalue weighted by molar-refractivity contribution is -0.118. The smallest absolute Gasteiger partial charge is 0.407 e. The van der Waals surface area contributed by atoms with Gasteiger partial charge in [0.2, 0.25) is 5.91 Å². The Balaban J connectivity index is 1.40. The van der Waals surface area contributed by atoms with E-state index in [1.807, 2.05) is 43.3 Å². The van der Waals surface area contributed by atoms with Crippen molar-refractivity contribution in [1.82, 2.24) is 5.32 Å². The Bertz CT molecular complexity index is 1220. The molecule has 1 aliphatic rings. The second-order valence-corrected chi connectivity index (χ2v) is 8.64. The van der Waals surface area contributed by atoms with Crippen molar-refractivity contribution in [3.63, 3.8) is 0 Å². The zero-order valence-corrected chi connectivity index (χ0v) is 19.7. The van der Waals surface area contributed by atoms with E-state index >= 15 is 0 Å². The second-order valence-electron chi connectivity index (χ2n) is 8.64. The number of hydrogen-bond donors (Lipinski definition) is 3. The van der Waals surface area contributed by atoms with Crippen molar-refractivity contribution >= 4 is 23.7 Å². The summed E-state index contributed by atoms with van der Waals surface area (Å²) in [5.41, 5.74) is 5.69. The van der Waals surface area contributed by atoms with Gasteiger partial charge in [-0.15, -0.1) is 0 Å². The fraction of sp³-hybridized carbons (Fsp3) is 0.250. The third-order valence-electron chi connectivity index (χ3n) is 6.25. The monoisotopic (exact) mass is 472 g/mol. The van der Waals surface area contributed by atoms with Crippen molar-refractivity contribution < 1.29 is 24.2 Å². The highest BCUT2D eigenvalue weighted by molar-refractivity contribution is 5.97. The van der Waals surface area contributed by atoms with Crippen LogP contribution in [0.5, 0.6) is 0 Å². The molecule has 1 aliphatic carbocycles. The Morgan fingerprint density at radius 3 is 2.17 bits per heavy atom. The Morgan fingerprint density at radius 1 is 0.971 bits per heavy atom. The van der Waals surface area contributed by atoms with E-state index in [1.54, 1.807) is 13.0 Å². The first-order chi connectivity index (χ1) is 16.9. The summed E-state index contributed by atoms with van der Waals surface area (Å²) < 4.78 is 5.58. The molecule has 0 radical (unpaired) electrons. The number of carboxylic acids is 1. The van der Waals surface area contributed by atoms with E-state index in [4.69, 9.17) is 4.74 Å². The van der Waals surface area contributed by atoms with Gasteiger partial charge in [0.15, 0.2) is 0 Å². The van der Waals surface area contributed by atoms with E-state index in [1.165, 1.54) is 12.1 Å². The van der Waals surface area contributed by atoms with Crippen LogP contribution < -0.4 is 10.6 Å². The number of ether oxygens (including phenoxy) is 1. The lowest BCUT2D eigenvalue weighted by atomic mass is 9.98. The van der Waals surface area contributed by atoms with Gasteiger partial charge in [0.05, 0.1) is 5.56 Å². The SMILES string of the molecule is CCCC(NC(=O)OCC1c2ccccc2-c2ccccc21)C(=O)Nc1ccc(C(=O)O)c(C)c1. The molecule has 0 saturated carbocycles. The van der Waals surface area contributed by atoms with E-state index in [0.717, 1.165) is 22.3 Å². The number of carbonyl (C=O) groups is 3. The van der Waals surface area contributed by atoms with Gasteiger partial charge in [-0.3, -0.25) is 4.79 Å². The third kappa shape index (κ3) is 5.19. The quantitative estimate of drug-likeness (QED) is 0.411. The first-order valence-electron chi connectivity index (χ1n) is 11.6. The van der Waals surface area contributed by atoms with Crippen LogP contribution in [0.1, 0.15) is 52.7 Å². The standard InChI is InChI=1S/C28H28N2O5/c1-3-8-25(26(31)29-18-13-14-19(27(32)33)17(2)15-18)30-28(34)35-16-24-22-11-6-4-9-20(22)21-10-5-7-12-23(21)24/h4-7,9-15,24-25H,3,8,16H2,1-2H3,(H,29,31)(H,30,34)(H,32,33). The number of nitrogens with one attached hydrogen (secondary N) is 2. The molecule has 1 unspecified atom stereocenters. The molecule has 1 atom stereocenters. The fourth-order valence-electron chi connectivity index (χ4n) is 4.55. The molecule has 0 bridgehead atoms. The molecule has 3 N–H and O–H groups in total. The van der Waals surface area contributed by atoms with Crippen LogP contribution in [0, 0.1) is 6.92 Å². The van der Waals surface area contributed by atoms with E-state index in [2.05, 4.69) is 22.8 Å². The highest BCUT2D eigenvalue weighted by atomic mass is 16.5. The van der Waals surface area contributed by atoms with E-state index in [9.17, 15) is 19.5 Å². The Morgan fingerprint density at radius 2 is 1.60 bits per heavy atom. The Kier molecular flexibility index (Phi) is 7.15. The van der Waals surface area contributed by atoms with Gasteiger partial charge in [-0.25, -0.2) is 9.59 Å². The fourth-order valence-corrected chi connectivity index (χ4v) is 4.55. The zero-order chi connectivity index (χ0) is 24.9. The molecule has 4 rings (SSSR count). The van der Waals surface area contributed by atoms with Gasteiger partial charge in [-0.05, 0) is 59.4 Å². The van der Waals surface area contributed by atoms with Crippen LogP contribution in [-0.2, 0) is 9.53 Å². The summed E-state index contributed by atoms with van der Waals surface area (Å²) in [4.78, 5) is 36.7. The van der Waals surface area contributed by atoms with Gasteiger partial charge < -0.3 is 20.5 Å². The minimum absolute atomic E-state index is 0.0673. The average molecular weight is 473 g/mol. The first kappa shape index (κ1) is 24.0. The summed E-state index contributed by atoms with van der Waals surface area (Å²) in [5, 5.41) is 14.6. The van der Waals surface area contributed by atoms with Crippen LogP contribution in [0.15, 0.2) is 66.7 Å². The lowest BCUT2D eigenvalue weighted by Crippen LogP contribution is -2.44. The van der Waals surface area contributed by atoms with Crippen LogP contribution in [0.2, 0.25) is 0 Å². The summed E-state index contributed by atoms with van der Waals surface area (Å²) in [5.74, 6) is -1.48. The maximum Gasteiger partial charge on any atom is 0.407 e. The van der Waals surface area contributed by atoms with Crippen molar-refractivity contribution in [3.8, 4) is 11.1 Å². The number of alkyl carbamates (subject to hydrolysis) is 1. The third-order valence-corrected chi connectivity index (χ3v) is 6.25. The van der Waals surface area contributed by atoms with Gasteiger partial charge in [0.25, 0.3) is 0 Å². The molecule has 2 amide bonds. The molecule has 0 saturated heterocycles. The van der Waals surface area contributed by atoms with Gasteiger partial charge in [-0.2, -0.15) is 0 Å². The second kappa shape index (κ2) is 10.4. The van der Waals surface area contributed by atoms with Crippen LogP contribution in [0.4, 0.5) is 10.5 Å². The van der Waals surface area contributed by atoms with Gasteiger partial charge in [-0.1, -0.05) is 61.9 Å². The number of aromatic carboxylic acids is 1. The highest BCUT2D eigenvalue weighted by Gasteiger charge is 2.29. The molecule has 0 aromatic heterocycles. The Hall–Kier alpha value is -4.13. The van der Waals surface area contributed by atoms with Crippen LogP contribution in [0.25, 0.3) is 11.1 Å². The van der Waals surface area contributed by atoms with Crippen LogP contribution in [-0.4, -0.2) is 35.7 Å². The Labute approximate surface area is 204 Å². The molecular formula is C28H28N2O5. The number of benzene rings is 3. The van der Waals surface area contributed by atoms with Crippen molar-refractivity contribution in [1.29, 1.82) is 0 Å². The first-order valence-corrected chi connectivity index (χ1v) is 11.6. The predicted molar refractivity (Wildman–Crippen MR) is 134 cm³/mol. The number of aryl methyl sites for hydroxylation is 1.